The lowest BCUT2D eigenvalue weighted by Gasteiger charge is -2.17. The molecule has 4 rings (SSSR count). The van der Waals surface area contributed by atoms with Crippen LogP contribution in [0.3, 0.4) is 0 Å². The fourth-order valence-electron chi connectivity index (χ4n) is 3.53. The van der Waals surface area contributed by atoms with Gasteiger partial charge in [-0.3, -0.25) is 4.79 Å². The molecule has 1 aromatic heterocycles. The molecule has 2 aromatic carbocycles. The second-order valence-corrected chi connectivity index (χ2v) is 7.25. The number of tetrazole rings is 1. The van der Waals surface area contributed by atoms with Gasteiger partial charge in [0.15, 0.2) is 6.17 Å². The van der Waals surface area contributed by atoms with Crippen LogP contribution in [0.25, 0.3) is 0 Å². The molecule has 0 aliphatic carbocycles. The number of halogens is 2. The first-order valence-electron chi connectivity index (χ1n) is 9.71. The minimum Gasteiger partial charge on any atom is -0.490 e. The van der Waals surface area contributed by atoms with Gasteiger partial charge in [0.05, 0.1) is 6.54 Å². The van der Waals surface area contributed by atoms with Gasteiger partial charge in [0.1, 0.15) is 24.5 Å². The van der Waals surface area contributed by atoms with E-state index in [0.29, 0.717) is 24.4 Å². The maximum Gasteiger partial charge on any atom is 0.253 e. The van der Waals surface area contributed by atoms with Crippen LogP contribution in [0.15, 0.2) is 54.9 Å². The van der Waals surface area contributed by atoms with Gasteiger partial charge in [0, 0.05) is 24.6 Å². The lowest BCUT2D eigenvalue weighted by atomic mass is 9.99. The largest absolute Gasteiger partial charge is 0.490 e. The molecule has 1 fully saturated rings. The highest BCUT2D eigenvalue weighted by molar-refractivity contribution is 5.94. The van der Waals surface area contributed by atoms with E-state index in [2.05, 4.69) is 15.5 Å². The van der Waals surface area contributed by atoms with Crippen LogP contribution < -0.4 is 4.74 Å². The molecule has 2 heterocycles. The van der Waals surface area contributed by atoms with Crippen molar-refractivity contribution in [1.82, 2.24) is 25.1 Å². The Kier molecular flexibility index (Phi) is 5.97. The summed E-state index contributed by atoms with van der Waals surface area (Å²) in [5, 5.41) is 10.5. The molecule has 3 aromatic rings. The van der Waals surface area contributed by atoms with Crippen LogP contribution in [0.4, 0.5) is 8.78 Å². The summed E-state index contributed by atoms with van der Waals surface area (Å²) in [7, 11) is 0. The molecule has 0 bridgehead atoms. The Morgan fingerprint density at radius 3 is 2.63 bits per heavy atom. The van der Waals surface area contributed by atoms with Crippen molar-refractivity contribution < 1.29 is 18.3 Å². The van der Waals surface area contributed by atoms with Gasteiger partial charge in [-0.05, 0) is 58.8 Å². The number of hydrogen-bond acceptors (Lipinski definition) is 5. The molecule has 0 N–H and O–H groups in total. The van der Waals surface area contributed by atoms with E-state index in [0.717, 1.165) is 12.0 Å². The summed E-state index contributed by atoms with van der Waals surface area (Å²) in [6, 6.07) is 13.1. The molecule has 0 saturated carbocycles. The summed E-state index contributed by atoms with van der Waals surface area (Å²) in [6.45, 7) is 1.12. The highest BCUT2D eigenvalue weighted by Gasteiger charge is 2.28. The molecule has 9 heteroatoms. The van der Waals surface area contributed by atoms with E-state index in [-0.39, 0.29) is 30.8 Å². The Morgan fingerprint density at radius 2 is 1.93 bits per heavy atom. The number of amides is 1. The molecule has 1 aliphatic heterocycles. The minimum atomic E-state index is -1.26. The van der Waals surface area contributed by atoms with E-state index in [1.165, 1.54) is 23.1 Å². The van der Waals surface area contributed by atoms with Crippen molar-refractivity contribution >= 4 is 5.91 Å². The molecule has 30 heavy (non-hydrogen) atoms. The van der Waals surface area contributed by atoms with E-state index in [9.17, 15) is 13.6 Å². The predicted octanol–water partition coefficient (Wildman–Crippen LogP) is 2.86. The summed E-state index contributed by atoms with van der Waals surface area (Å²) >= 11 is 0. The van der Waals surface area contributed by atoms with Gasteiger partial charge in [-0.2, -0.15) is 0 Å². The van der Waals surface area contributed by atoms with Crippen molar-refractivity contribution in [3.05, 3.63) is 71.8 Å². The highest BCUT2D eigenvalue weighted by atomic mass is 19.1. The number of likely N-dealkylation sites (tertiary alicyclic amines) is 1. The van der Waals surface area contributed by atoms with Crippen molar-refractivity contribution in [1.29, 1.82) is 0 Å². The smallest absolute Gasteiger partial charge is 0.253 e. The van der Waals surface area contributed by atoms with Gasteiger partial charge in [0.25, 0.3) is 5.91 Å². The van der Waals surface area contributed by atoms with E-state index >= 15 is 0 Å². The fourth-order valence-corrected chi connectivity index (χ4v) is 3.53. The summed E-state index contributed by atoms with van der Waals surface area (Å²) in [5.41, 5.74) is 1.59. The zero-order valence-electron chi connectivity index (χ0n) is 16.2. The molecule has 7 nitrogen and oxygen atoms in total. The summed E-state index contributed by atoms with van der Waals surface area (Å²) in [5.74, 6) is 0.366. The zero-order valence-corrected chi connectivity index (χ0v) is 16.2. The van der Waals surface area contributed by atoms with Crippen LogP contribution in [0.1, 0.15) is 28.3 Å². The number of rotatable bonds is 7. The maximum absolute atomic E-state index is 13.9. The first-order valence-corrected chi connectivity index (χ1v) is 9.71. The van der Waals surface area contributed by atoms with Crippen molar-refractivity contribution in [2.24, 2.45) is 0 Å². The third-order valence-electron chi connectivity index (χ3n) is 5.13. The van der Waals surface area contributed by atoms with E-state index in [1.807, 2.05) is 0 Å². The van der Waals surface area contributed by atoms with E-state index in [4.69, 9.17) is 4.74 Å². The van der Waals surface area contributed by atoms with Crippen molar-refractivity contribution in [3.63, 3.8) is 0 Å². The zero-order chi connectivity index (χ0) is 20.9. The van der Waals surface area contributed by atoms with E-state index < -0.39 is 6.17 Å². The maximum atomic E-state index is 13.9. The Hall–Kier alpha value is -3.36. The van der Waals surface area contributed by atoms with Gasteiger partial charge in [-0.1, -0.05) is 12.1 Å². The molecular formula is C21H21F2N5O2. The van der Waals surface area contributed by atoms with Crippen molar-refractivity contribution in [2.75, 3.05) is 19.7 Å². The molecule has 1 saturated heterocycles. The van der Waals surface area contributed by atoms with Gasteiger partial charge in [-0.25, -0.2) is 13.5 Å². The molecule has 0 spiro atoms. The van der Waals surface area contributed by atoms with Crippen LogP contribution in [-0.2, 0) is 6.54 Å². The Balaban J connectivity index is 1.29. The van der Waals surface area contributed by atoms with Gasteiger partial charge >= 0.3 is 0 Å². The van der Waals surface area contributed by atoms with Crippen molar-refractivity contribution in [3.8, 4) is 5.75 Å². The first kappa shape index (κ1) is 19.9. The van der Waals surface area contributed by atoms with Crippen LogP contribution in [0.5, 0.6) is 5.75 Å². The SMILES string of the molecule is O=C(c1ccc(OCC(F)Cn2cnnn2)cc1)N1CC[C@H](c2ccc(F)cc2)C1. The van der Waals surface area contributed by atoms with Gasteiger partial charge in [0.2, 0.25) is 0 Å². The molecule has 156 valence electrons. The van der Waals surface area contributed by atoms with Crippen LogP contribution in [0.2, 0.25) is 0 Å². The molecule has 0 radical (unpaired) electrons. The average molecular weight is 413 g/mol. The third kappa shape index (κ3) is 4.79. The Labute approximate surface area is 172 Å². The summed E-state index contributed by atoms with van der Waals surface area (Å²) in [6.07, 6.45) is 0.923. The molecule has 1 aliphatic rings. The van der Waals surface area contributed by atoms with Crippen LogP contribution >= 0.6 is 0 Å². The lowest BCUT2D eigenvalue weighted by molar-refractivity contribution is 0.0790. The number of benzene rings is 2. The molecule has 1 amide bonds. The molecule has 2 atom stereocenters. The number of carbonyl (C=O) groups excluding carboxylic acids is 1. The monoisotopic (exact) mass is 413 g/mol. The fraction of sp³-hybridized carbons (Fsp3) is 0.333. The standard InChI is InChI=1S/C21H21F2N5O2/c22-18-5-1-15(2-6-18)17-9-10-27(11-17)21(29)16-3-7-20(8-4-16)30-13-19(23)12-28-14-24-25-26-28/h1-8,14,17,19H,9-13H2/t17-,19?/m0/s1. The predicted molar refractivity (Wildman–Crippen MR) is 104 cm³/mol. The minimum absolute atomic E-state index is 0.00769. The highest BCUT2D eigenvalue weighted by Crippen LogP contribution is 2.28. The van der Waals surface area contributed by atoms with Gasteiger partial charge < -0.3 is 9.64 Å². The number of carbonyl (C=O) groups is 1. The third-order valence-corrected chi connectivity index (χ3v) is 5.13. The first-order chi connectivity index (χ1) is 14.6. The van der Waals surface area contributed by atoms with Crippen LogP contribution in [-0.4, -0.2) is 56.9 Å². The normalized spacial score (nSPS) is 17.1. The number of nitrogens with zero attached hydrogens (tertiary/aromatic N) is 5. The average Bonchev–Trinajstić information content (AvgIpc) is 3.45. The second-order valence-electron chi connectivity index (χ2n) is 7.25. The number of aromatic nitrogens is 4. The number of ether oxygens (including phenoxy) is 1. The lowest BCUT2D eigenvalue weighted by Crippen LogP contribution is -2.28. The van der Waals surface area contributed by atoms with Crippen molar-refractivity contribution in [2.45, 2.75) is 25.1 Å². The second kappa shape index (κ2) is 8.98. The number of hydrogen-bond donors (Lipinski definition) is 0. The summed E-state index contributed by atoms with van der Waals surface area (Å²) in [4.78, 5) is 14.6. The summed E-state index contributed by atoms with van der Waals surface area (Å²) < 4.78 is 33.8. The Morgan fingerprint density at radius 1 is 1.17 bits per heavy atom. The molecular weight excluding hydrogens is 392 g/mol. The molecule has 1 unspecified atom stereocenters. The quantitative estimate of drug-likeness (QED) is 0.596. The Bertz CT molecular complexity index is 964. The van der Waals surface area contributed by atoms with Gasteiger partial charge in [-0.15, -0.1) is 5.10 Å². The topological polar surface area (TPSA) is 73.1 Å². The van der Waals surface area contributed by atoms with Crippen LogP contribution in [0, 0.1) is 5.82 Å². The van der Waals surface area contributed by atoms with E-state index in [1.54, 1.807) is 41.3 Å². The number of alkyl halides is 1.